The van der Waals surface area contributed by atoms with Crippen LogP contribution in [-0.4, -0.2) is 8.67 Å². The van der Waals surface area contributed by atoms with Crippen LogP contribution in [0, 0.1) is 0 Å². The lowest BCUT2D eigenvalue weighted by Gasteiger charge is -2.27. The summed E-state index contributed by atoms with van der Waals surface area (Å²) in [6.45, 7) is 5.08. The average Bonchev–Trinajstić information content (AvgIpc) is 1.49. The molecule has 0 atom stereocenters. The van der Waals surface area contributed by atoms with Crippen LogP contribution in [0.25, 0.3) is 0 Å². The van der Waals surface area contributed by atoms with E-state index in [-0.39, 0.29) is 0 Å². The monoisotopic (exact) mass is 268 g/mol. The van der Waals surface area contributed by atoms with Crippen LogP contribution in [0.4, 0.5) is 0 Å². The van der Waals surface area contributed by atoms with Crippen molar-refractivity contribution in [3.05, 3.63) is 10.6 Å². The first-order chi connectivity index (χ1) is 5.07. The lowest BCUT2D eigenvalue weighted by molar-refractivity contribution is 0.790. The minimum absolute atomic E-state index is 0.406. The largest absolute Gasteiger partial charge is 0.215 e. The fourth-order valence-electron chi connectivity index (χ4n) is 0.942. The molecule has 0 bridgehead atoms. The summed E-state index contributed by atoms with van der Waals surface area (Å²) < 4.78 is -1.54. The molecule has 0 rings (SSSR count). The highest BCUT2D eigenvalue weighted by molar-refractivity contribution is 6.70. The number of allylic oxidation sites excluding steroid dienone is 2. The minimum atomic E-state index is -1.54. The van der Waals surface area contributed by atoms with Gasteiger partial charge in [-0.3, -0.25) is 0 Å². The molecule has 0 saturated heterocycles. The Morgan fingerprint density at radius 3 is 1.33 bits per heavy atom. The van der Waals surface area contributed by atoms with Gasteiger partial charge in [0.1, 0.15) is 0 Å². The van der Waals surface area contributed by atoms with E-state index in [4.69, 9.17) is 58.0 Å². The number of hydrogen-bond donors (Lipinski definition) is 0. The normalized spacial score (nSPS) is 16.0. The van der Waals surface area contributed by atoms with Crippen LogP contribution in [0.15, 0.2) is 10.6 Å². The molecule has 0 radical (unpaired) electrons. The van der Waals surface area contributed by atoms with Gasteiger partial charge in [0.25, 0.3) is 0 Å². The standard InChI is InChI=1S/C7H9Cl5/c1-4(8)5(6(2,3)9)7(10,11)12/h1-3H3/b5-4+. The van der Waals surface area contributed by atoms with Crippen molar-refractivity contribution in [1.29, 1.82) is 0 Å². The van der Waals surface area contributed by atoms with Gasteiger partial charge in [-0.15, -0.1) is 11.6 Å². The summed E-state index contributed by atoms with van der Waals surface area (Å²) in [7, 11) is 0. The third-order valence-electron chi connectivity index (χ3n) is 1.22. The van der Waals surface area contributed by atoms with E-state index in [0.717, 1.165) is 0 Å². The zero-order valence-corrected chi connectivity index (χ0v) is 10.7. The number of alkyl halides is 4. The number of hydrogen-bond acceptors (Lipinski definition) is 0. The summed E-state index contributed by atoms with van der Waals surface area (Å²) in [5.74, 6) is 0. The first kappa shape index (κ1) is 13.2. The lowest BCUT2D eigenvalue weighted by Crippen LogP contribution is -2.25. The lowest BCUT2D eigenvalue weighted by atomic mass is 10.0. The summed E-state index contributed by atoms with van der Waals surface area (Å²) in [4.78, 5) is -0.753. The van der Waals surface area contributed by atoms with Crippen molar-refractivity contribution in [2.24, 2.45) is 0 Å². The van der Waals surface area contributed by atoms with Gasteiger partial charge in [-0.25, -0.2) is 0 Å². The van der Waals surface area contributed by atoms with E-state index >= 15 is 0 Å². The maximum atomic E-state index is 5.98. The third kappa shape index (κ3) is 3.93. The van der Waals surface area contributed by atoms with Gasteiger partial charge >= 0.3 is 0 Å². The Balaban J connectivity index is 5.13. The van der Waals surface area contributed by atoms with Crippen LogP contribution in [0.5, 0.6) is 0 Å². The molecule has 0 N–H and O–H groups in total. The maximum Gasteiger partial charge on any atom is 0.215 e. The van der Waals surface area contributed by atoms with Crippen molar-refractivity contribution in [3.63, 3.8) is 0 Å². The molecule has 0 aliphatic heterocycles. The molecule has 72 valence electrons. The van der Waals surface area contributed by atoms with Crippen molar-refractivity contribution in [3.8, 4) is 0 Å². The van der Waals surface area contributed by atoms with E-state index in [2.05, 4.69) is 0 Å². The molecule has 0 amide bonds. The Labute approximate surface area is 97.8 Å². The summed E-state index contributed by atoms with van der Waals surface area (Å²) in [5, 5.41) is 0.412. The van der Waals surface area contributed by atoms with E-state index in [1.165, 1.54) is 0 Å². The number of halogens is 5. The fourth-order valence-corrected chi connectivity index (χ4v) is 3.08. The zero-order chi connectivity index (χ0) is 10.2. The van der Waals surface area contributed by atoms with Crippen molar-refractivity contribution in [2.45, 2.75) is 29.4 Å². The molecular formula is C7H9Cl5. The van der Waals surface area contributed by atoms with Crippen LogP contribution in [0.1, 0.15) is 20.8 Å². The van der Waals surface area contributed by atoms with E-state index in [0.29, 0.717) is 10.6 Å². The van der Waals surface area contributed by atoms with E-state index < -0.39 is 8.67 Å². The van der Waals surface area contributed by atoms with Gasteiger partial charge in [0.15, 0.2) is 0 Å². The van der Waals surface area contributed by atoms with E-state index in [1.54, 1.807) is 20.8 Å². The molecule has 0 aliphatic rings. The van der Waals surface area contributed by atoms with Gasteiger partial charge in [0, 0.05) is 10.6 Å². The second-order valence-corrected chi connectivity index (χ2v) is 6.67. The number of rotatable bonds is 1. The Bertz CT molecular complexity index is 173. The highest BCUT2D eigenvalue weighted by Gasteiger charge is 2.37. The van der Waals surface area contributed by atoms with Crippen LogP contribution >= 0.6 is 58.0 Å². The van der Waals surface area contributed by atoms with Gasteiger partial charge in [0.2, 0.25) is 3.79 Å². The van der Waals surface area contributed by atoms with Crippen molar-refractivity contribution < 1.29 is 0 Å². The second kappa shape index (κ2) is 4.14. The molecule has 12 heavy (non-hydrogen) atoms. The van der Waals surface area contributed by atoms with Gasteiger partial charge in [0.05, 0.1) is 4.87 Å². The average molecular weight is 270 g/mol. The summed E-state index contributed by atoms with van der Waals surface area (Å²) in [6, 6.07) is 0. The highest BCUT2D eigenvalue weighted by Crippen LogP contribution is 2.45. The zero-order valence-electron chi connectivity index (χ0n) is 6.89. The Morgan fingerprint density at radius 2 is 1.33 bits per heavy atom. The summed E-state index contributed by atoms with van der Waals surface area (Å²) in [6.07, 6.45) is 0. The van der Waals surface area contributed by atoms with Crippen molar-refractivity contribution in [2.75, 3.05) is 0 Å². The first-order valence-corrected chi connectivity index (χ1v) is 5.08. The Hall–Kier alpha value is 1.19. The van der Waals surface area contributed by atoms with Crippen molar-refractivity contribution in [1.82, 2.24) is 0 Å². The first-order valence-electron chi connectivity index (χ1n) is 3.19. The van der Waals surface area contributed by atoms with Gasteiger partial charge < -0.3 is 0 Å². The van der Waals surface area contributed by atoms with Gasteiger partial charge in [-0.05, 0) is 20.8 Å². The molecule has 0 nitrogen and oxygen atoms in total. The van der Waals surface area contributed by atoms with Gasteiger partial charge in [-0.2, -0.15) is 0 Å². The molecule has 5 heteroatoms. The molecule has 0 aliphatic carbocycles. The summed E-state index contributed by atoms with van der Waals surface area (Å²) in [5.41, 5.74) is 0.406. The second-order valence-electron chi connectivity index (χ2n) is 2.88. The SMILES string of the molecule is C/C(Cl)=C(/C(C)(C)Cl)C(Cl)(Cl)Cl. The molecule has 0 aromatic heterocycles. The predicted molar refractivity (Wildman–Crippen MR) is 58.8 cm³/mol. The van der Waals surface area contributed by atoms with E-state index in [9.17, 15) is 0 Å². The fraction of sp³-hybridized carbons (Fsp3) is 0.714. The third-order valence-corrected chi connectivity index (χ3v) is 2.17. The molecular weight excluding hydrogens is 261 g/mol. The molecule has 0 aromatic rings. The molecule has 0 saturated carbocycles. The Morgan fingerprint density at radius 1 is 1.00 bits per heavy atom. The smallest absolute Gasteiger partial charge is 0.115 e. The minimum Gasteiger partial charge on any atom is -0.115 e. The molecule has 0 fully saturated rings. The van der Waals surface area contributed by atoms with Crippen molar-refractivity contribution >= 4 is 58.0 Å². The van der Waals surface area contributed by atoms with Crippen LogP contribution in [0.2, 0.25) is 0 Å². The summed E-state index contributed by atoms with van der Waals surface area (Å²) >= 11 is 28.8. The molecule has 0 spiro atoms. The topological polar surface area (TPSA) is 0 Å². The Kier molecular flexibility index (Phi) is 4.56. The predicted octanol–water partition coefficient (Wildman–Crippen LogP) is 4.89. The van der Waals surface area contributed by atoms with Crippen LogP contribution < -0.4 is 0 Å². The molecule has 0 aromatic carbocycles. The van der Waals surface area contributed by atoms with Gasteiger partial charge in [-0.1, -0.05) is 46.4 Å². The molecule has 0 heterocycles. The quantitative estimate of drug-likeness (QED) is 0.595. The highest BCUT2D eigenvalue weighted by atomic mass is 35.6. The maximum absolute atomic E-state index is 5.98. The van der Waals surface area contributed by atoms with Crippen LogP contribution in [-0.2, 0) is 0 Å². The molecule has 0 unspecified atom stereocenters. The van der Waals surface area contributed by atoms with Crippen LogP contribution in [0.3, 0.4) is 0 Å². The van der Waals surface area contributed by atoms with E-state index in [1.807, 2.05) is 0 Å².